The van der Waals surface area contributed by atoms with E-state index >= 15 is 0 Å². The van der Waals surface area contributed by atoms with Crippen LogP contribution in [0.1, 0.15) is 31.4 Å². The van der Waals surface area contributed by atoms with Crippen molar-refractivity contribution in [2.45, 2.75) is 38.2 Å². The van der Waals surface area contributed by atoms with E-state index in [2.05, 4.69) is 15.5 Å². The number of halogens is 1. The molecular formula is C20H35IN4O3. The van der Waals surface area contributed by atoms with Crippen LogP contribution in [0, 0.1) is 0 Å². The summed E-state index contributed by atoms with van der Waals surface area (Å²) in [7, 11) is 0. The maximum Gasteiger partial charge on any atom is 0.191 e. The summed E-state index contributed by atoms with van der Waals surface area (Å²) in [5.74, 6) is 1.86. The molecule has 3 rings (SSSR count). The molecule has 0 amide bonds. The summed E-state index contributed by atoms with van der Waals surface area (Å²) in [5.41, 5.74) is 0. The van der Waals surface area contributed by atoms with Crippen LogP contribution >= 0.6 is 24.0 Å². The van der Waals surface area contributed by atoms with Crippen LogP contribution in [0.25, 0.3) is 0 Å². The molecule has 2 aliphatic rings. The van der Waals surface area contributed by atoms with Gasteiger partial charge in [0, 0.05) is 39.2 Å². The highest BCUT2D eigenvalue weighted by Crippen LogP contribution is 2.12. The quantitative estimate of drug-likeness (QED) is 0.232. The third kappa shape index (κ3) is 9.11. The maximum absolute atomic E-state index is 5.80. The Labute approximate surface area is 185 Å². The van der Waals surface area contributed by atoms with E-state index in [0.29, 0.717) is 0 Å². The second-order valence-corrected chi connectivity index (χ2v) is 7.17. The summed E-state index contributed by atoms with van der Waals surface area (Å²) >= 11 is 0. The molecule has 3 heterocycles. The number of furan rings is 1. The molecule has 0 spiro atoms. The predicted molar refractivity (Wildman–Crippen MR) is 122 cm³/mol. The lowest BCUT2D eigenvalue weighted by atomic mass is 10.1. The van der Waals surface area contributed by atoms with E-state index in [1.54, 1.807) is 6.26 Å². The number of hydrogen-bond donors (Lipinski definition) is 2. The van der Waals surface area contributed by atoms with Crippen molar-refractivity contribution in [3.05, 3.63) is 24.2 Å². The van der Waals surface area contributed by atoms with Gasteiger partial charge in [-0.25, -0.2) is 0 Å². The lowest BCUT2D eigenvalue weighted by molar-refractivity contribution is 0.0224. The molecule has 0 aromatic carbocycles. The lowest BCUT2D eigenvalue weighted by Crippen LogP contribution is -2.41. The van der Waals surface area contributed by atoms with Gasteiger partial charge in [-0.15, -0.1) is 24.0 Å². The van der Waals surface area contributed by atoms with E-state index < -0.39 is 0 Å². The number of nitrogens with zero attached hydrogens (tertiary/aromatic N) is 2. The third-order valence-corrected chi connectivity index (χ3v) is 5.02. The molecule has 2 N–H and O–H groups in total. The van der Waals surface area contributed by atoms with E-state index in [4.69, 9.17) is 18.9 Å². The number of aliphatic imine (C=N–C) groups is 1. The van der Waals surface area contributed by atoms with Crippen molar-refractivity contribution in [3.63, 3.8) is 0 Å². The Morgan fingerprint density at radius 1 is 1.14 bits per heavy atom. The Kier molecular flexibility index (Phi) is 11.9. The Hall–Kier alpha value is -0.840. The summed E-state index contributed by atoms with van der Waals surface area (Å²) in [6.07, 6.45) is 7.45. The molecule has 2 aliphatic heterocycles. The van der Waals surface area contributed by atoms with Crippen LogP contribution < -0.4 is 10.6 Å². The molecule has 1 atom stereocenters. The topological polar surface area (TPSA) is 71.3 Å². The number of hydrogen-bond acceptors (Lipinski definition) is 5. The lowest BCUT2D eigenvalue weighted by Gasteiger charge is -2.26. The zero-order valence-corrected chi connectivity index (χ0v) is 19.1. The Bertz CT molecular complexity index is 530. The summed E-state index contributed by atoms with van der Waals surface area (Å²) in [6, 6.07) is 3.93. The van der Waals surface area contributed by atoms with Crippen molar-refractivity contribution < 1.29 is 13.9 Å². The summed E-state index contributed by atoms with van der Waals surface area (Å²) in [4.78, 5) is 7.22. The molecule has 0 saturated carbocycles. The number of nitrogens with one attached hydrogen (secondary N) is 2. The Morgan fingerprint density at radius 3 is 2.75 bits per heavy atom. The summed E-state index contributed by atoms with van der Waals surface area (Å²) in [6.45, 7) is 8.20. The molecule has 1 aromatic heterocycles. The molecule has 0 bridgehead atoms. The van der Waals surface area contributed by atoms with Crippen LogP contribution in [0.5, 0.6) is 0 Å². The largest absolute Gasteiger partial charge is 0.469 e. The fourth-order valence-electron chi connectivity index (χ4n) is 3.41. The van der Waals surface area contributed by atoms with Crippen molar-refractivity contribution in [1.29, 1.82) is 0 Å². The first-order valence-electron chi connectivity index (χ1n) is 10.4. The average molecular weight is 506 g/mol. The van der Waals surface area contributed by atoms with Crippen molar-refractivity contribution in [1.82, 2.24) is 15.5 Å². The van der Waals surface area contributed by atoms with Crippen LogP contribution in [0.3, 0.4) is 0 Å². The number of ether oxygens (including phenoxy) is 2. The van der Waals surface area contributed by atoms with E-state index in [0.717, 1.165) is 90.1 Å². The normalized spacial score (nSPS) is 21.1. The maximum atomic E-state index is 5.80. The molecule has 28 heavy (non-hydrogen) atoms. The Morgan fingerprint density at radius 2 is 2.00 bits per heavy atom. The molecule has 2 fully saturated rings. The molecular weight excluding hydrogens is 471 g/mol. The van der Waals surface area contributed by atoms with Gasteiger partial charge in [0.2, 0.25) is 0 Å². The molecule has 0 aliphatic carbocycles. The highest BCUT2D eigenvalue weighted by molar-refractivity contribution is 14.0. The second-order valence-electron chi connectivity index (χ2n) is 7.17. The number of guanidine groups is 1. The molecule has 1 unspecified atom stereocenters. The van der Waals surface area contributed by atoms with Gasteiger partial charge in [-0.05, 0) is 44.4 Å². The third-order valence-electron chi connectivity index (χ3n) is 5.02. The van der Waals surface area contributed by atoms with Crippen LogP contribution in [0.4, 0.5) is 0 Å². The Balaban J connectivity index is 0.00000280. The van der Waals surface area contributed by atoms with Gasteiger partial charge in [-0.2, -0.15) is 0 Å². The van der Waals surface area contributed by atoms with Crippen molar-refractivity contribution >= 4 is 29.9 Å². The van der Waals surface area contributed by atoms with Gasteiger partial charge in [0.25, 0.3) is 0 Å². The van der Waals surface area contributed by atoms with Gasteiger partial charge in [0.05, 0.1) is 32.1 Å². The van der Waals surface area contributed by atoms with Crippen LogP contribution in [-0.4, -0.2) is 76.1 Å². The van der Waals surface area contributed by atoms with Crippen molar-refractivity contribution in [3.8, 4) is 0 Å². The van der Waals surface area contributed by atoms with Gasteiger partial charge < -0.3 is 24.5 Å². The summed E-state index contributed by atoms with van der Waals surface area (Å²) in [5, 5.41) is 6.90. The molecule has 160 valence electrons. The van der Waals surface area contributed by atoms with Gasteiger partial charge in [-0.3, -0.25) is 9.89 Å². The van der Waals surface area contributed by atoms with Gasteiger partial charge in [-0.1, -0.05) is 0 Å². The smallest absolute Gasteiger partial charge is 0.191 e. The van der Waals surface area contributed by atoms with Gasteiger partial charge in [0.1, 0.15) is 5.76 Å². The number of rotatable bonds is 9. The fraction of sp³-hybridized carbons (Fsp3) is 0.750. The minimum atomic E-state index is 0. The van der Waals surface area contributed by atoms with Crippen LogP contribution in [0.2, 0.25) is 0 Å². The first kappa shape index (κ1) is 23.4. The predicted octanol–water partition coefficient (Wildman–Crippen LogP) is 2.27. The fourth-order valence-corrected chi connectivity index (χ4v) is 3.41. The molecule has 2 saturated heterocycles. The van der Waals surface area contributed by atoms with Crippen LogP contribution in [0.15, 0.2) is 27.8 Å². The molecule has 7 nitrogen and oxygen atoms in total. The summed E-state index contributed by atoms with van der Waals surface area (Å²) < 4.78 is 16.6. The standard InChI is InChI=1S/C20H34N4O3.HI/c1-2-13-27-19(5-1)17-23-20(22-9-7-18-6-3-14-26-18)21-8-4-10-24-11-15-25-16-12-24;/h3,6,14,19H,1-2,4-5,7-13,15-17H2,(H2,21,22,23);1H. The van der Waals surface area contributed by atoms with Crippen LogP contribution in [-0.2, 0) is 15.9 Å². The second kappa shape index (κ2) is 14.2. The van der Waals surface area contributed by atoms with Crippen molar-refractivity contribution in [2.24, 2.45) is 4.99 Å². The van der Waals surface area contributed by atoms with Crippen molar-refractivity contribution in [2.75, 3.05) is 59.1 Å². The SMILES string of the molecule is I.c1coc(CCNC(=NCC2CCCCO2)NCCCN2CCOCC2)c1. The monoisotopic (exact) mass is 506 g/mol. The van der Waals surface area contributed by atoms with E-state index in [1.165, 1.54) is 12.8 Å². The van der Waals surface area contributed by atoms with Gasteiger partial charge >= 0.3 is 0 Å². The number of morpholine rings is 1. The molecule has 1 aromatic rings. The van der Waals surface area contributed by atoms with E-state index in [9.17, 15) is 0 Å². The zero-order chi connectivity index (χ0) is 18.6. The first-order valence-corrected chi connectivity index (χ1v) is 10.4. The molecule has 0 radical (unpaired) electrons. The first-order chi connectivity index (χ1) is 13.4. The molecule has 8 heteroatoms. The average Bonchev–Trinajstić information content (AvgIpc) is 3.24. The minimum Gasteiger partial charge on any atom is -0.469 e. The minimum absolute atomic E-state index is 0. The highest BCUT2D eigenvalue weighted by Gasteiger charge is 2.13. The zero-order valence-electron chi connectivity index (χ0n) is 16.7. The van der Waals surface area contributed by atoms with Gasteiger partial charge in [0.15, 0.2) is 5.96 Å². The van der Waals surface area contributed by atoms with E-state index in [-0.39, 0.29) is 30.1 Å². The van der Waals surface area contributed by atoms with E-state index in [1.807, 2.05) is 12.1 Å². The highest BCUT2D eigenvalue weighted by atomic mass is 127.